The third-order valence-corrected chi connectivity index (χ3v) is 3.32. The monoisotopic (exact) mass is 273 g/mol. The summed E-state index contributed by atoms with van der Waals surface area (Å²) in [4.78, 5) is 8.57. The van der Waals surface area contributed by atoms with Crippen molar-refractivity contribution in [3.63, 3.8) is 0 Å². The Bertz CT molecular complexity index is 752. The van der Waals surface area contributed by atoms with Gasteiger partial charge in [0.15, 0.2) is 0 Å². The summed E-state index contributed by atoms with van der Waals surface area (Å²) in [6.45, 7) is 1.95. The number of methoxy groups -OCH3 is 1. The van der Waals surface area contributed by atoms with Crippen LogP contribution in [0.2, 0.25) is 5.02 Å². The van der Waals surface area contributed by atoms with Gasteiger partial charge >= 0.3 is 0 Å². The molecule has 0 aliphatic carbocycles. The molecule has 0 amide bonds. The second-order valence-corrected chi connectivity index (χ2v) is 4.58. The summed E-state index contributed by atoms with van der Waals surface area (Å²) in [5, 5.41) is 0.624. The van der Waals surface area contributed by atoms with Gasteiger partial charge in [-0.05, 0) is 25.1 Å². The van der Waals surface area contributed by atoms with E-state index in [-0.39, 0.29) is 0 Å². The lowest BCUT2D eigenvalue weighted by Gasteiger charge is -2.10. The molecule has 0 N–H and O–H groups in total. The summed E-state index contributed by atoms with van der Waals surface area (Å²) in [7, 11) is 1.62. The molecule has 2 aromatic heterocycles. The zero-order chi connectivity index (χ0) is 13.4. The SMILES string of the molecule is COc1ccc(-n2c(C)nc3cnccc32)c(Cl)c1. The quantitative estimate of drug-likeness (QED) is 0.718. The van der Waals surface area contributed by atoms with Crippen LogP contribution in [0.1, 0.15) is 5.82 Å². The van der Waals surface area contributed by atoms with Crippen LogP contribution in [0.5, 0.6) is 5.75 Å². The Morgan fingerprint density at radius 2 is 2.11 bits per heavy atom. The fraction of sp³-hybridized carbons (Fsp3) is 0.143. The minimum atomic E-state index is 0.624. The van der Waals surface area contributed by atoms with Crippen LogP contribution in [0.25, 0.3) is 16.7 Å². The molecule has 0 saturated carbocycles. The molecular formula is C14H12ClN3O. The van der Waals surface area contributed by atoms with Gasteiger partial charge < -0.3 is 4.74 Å². The van der Waals surface area contributed by atoms with Crippen molar-refractivity contribution in [1.29, 1.82) is 0 Å². The maximum Gasteiger partial charge on any atom is 0.120 e. The van der Waals surface area contributed by atoms with Crippen LogP contribution in [-0.2, 0) is 0 Å². The van der Waals surface area contributed by atoms with Crippen molar-refractivity contribution in [3.05, 3.63) is 47.5 Å². The van der Waals surface area contributed by atoms with Gasteiger partial charge in [0.2, 0.25) is 0 Å². The first-order valence-corrected chi connectivity index (χ1v) is 6.21. The number of fused-ring (bicyclic) bond motifs is 1. The van der Waals surface area contributed by atoms with Gasteiger partial charge in [-0.15, -0.1) is 0 Å². The molecule has 3 aromatic rings. The Balaban J connectivity index is 2.27. The number of hydrogen-bond acceptors (Lipinski definition) is 3. The van der Waals surface area contributed by atoms with Crippen LogP contribution >= 0.6 is 11.6 Å². The van der Waals surface area contributed by atoms with E-state index in [0.29, 0.717) is 5.02 Å². The Labute approximate surface area is 115 Å². The van der Waals surface area contributed by atoms with E-state index in [0.717, 1.165) is 28.3 Å². The Hall–Kier alpha value is -2.07. The Morgan fingerprint density at radius 3 is 2.84 bits per heavy atom. The van der Waals surface area contributed by atoms with E-state index in [1.54, 1.807) is 25.6 Å². The summed E-state index contributed by atoms with van der Waals surface area (Å²) >= 11 is 6.33. The molecule has 0 fully saturated rings. The largest absolute Gasteiger partial charge is 0.497 e. The standard InChI is InChI=1S/C14H12ClN3O/c1-9-17-12-8-16-6-5-14(12)18(9)13-4-3-10(19-2)7-11(13)15/h3-8H,1-2H3. The summed E-state index contributed by atoms with van der Waals surface area (Å²) in [6.07, 6.45) is 3.49. The van der Waals surface area contributed by atoms with Crippen LogP contribution in [-0.4, -0.2) is 21.6 Å². The van der Waals surface area contributed by atoms with Crippen LogP contribution in [0.15, 0.2) is 36.7 Å². The molecule has 0 bridgehead atoms. The van der Waals surface area contributed by atoms with Crippen molar-refractivity contribution in [3.8, 4) is 11.4 Å². The Kier molecular flexibility index (Phi) is 2.87. The van der Waals surface area contributed by atoms with Gasteiger partial charge in [-0.2, -0.15) is 0 Å². The molecule has 1 aromatic carbocycles. The number of hydrogen-bond donors (Lipinski definition) is 0. The minimum Gasteiger partial charge on any atom is -0.497 e. The fourth-order valence-electron chi connectivity index (χ4n) is 2.15. The van der Waals surface area contributed by atoms with Gasteiger partial charge in [0.25, 0.3) is 0 Å². The molecule has 0 aliphatic heterocycles. The van der Waals surface area contributed by atoms with Crippen LogP contribution in [0.4, 0.5) is 0 Å². The molecule has 19 heavy (non-hydrogen) atoms. The zero-order valence-corrected chi connectivity index (χ0v) is 11.3. The first kappa shape index (κ1) is 12.0. The first-order valence-electron chi connectivity index (χ1n) is 5.83. The molecule has 0 atom stereocenters. The van der Waals surface area contributed by atoms with Crippen molar-refractivity contribution in [2.75, 3.05) is 7.11 Å². The van der Waals surface area contributed by atoms with E-state index in [4.69, 9.17) is 16.3 Å². The van der Waals surface area contributed by atoms with Crippen LogP contribution in [0, 0.1) is 6.92 Å². The average Bonchev–Trinajstić information content (AvgIpc) is 2.75. The summed E-state index contributed by atoms with van der Waals surface area (Å²) < 4.78 is 7.18. The maximum atomic E-state index is 6.33. The van der Waals surface area contributed by atoms with E-state index in [1.165, 1.54) is 0 Å². The highest BCUT2D eigenvalue weighted by Crippen LogP contribution is 2.29. The molecule has 0 spiro atoms. The number of pyridine rings is 1. The molecule has 0 aliphatic rings. The number of nitrogens with zero attached hydrogens (tertiary/aromatic N) is 3. The normalized spacial score (nSPS) is 10.9. The second-order valence-electron chi connectivity index (χ2n) is 4.18. The highest BCUT2D eigenvalue weighted by molar-refractivity contribution is 6.32. The van der Waals surface area contributed by atoms with Crippen LogP contribution < -0.4 is 4.74 Å². The van der Waals surface area contributed by atoms with E-state index >= 15 is 0 Å². The number of aryl methyl sites for hydroxylation is 1. The predicted molar refractivity (Wildman–Crippen MR) is 75.2 cm³/mol. The Morgan fingerprint density at radius 1 is 1.26 bits per heavy atom. The minimum absolute atomic E-state index is 0.624. The fourth-order valence-corrected chi connectivity index (χ4v) is 2.41. The molecule has 0 saturated heterocycles. The van der Waals surface area contributed by atoms with Gasteiger partial charge in [-0.25, -0.2) is 4.98 Å². The van der Waals surface area contributed by atoms with E-state index in [9.17, 15) is 0 Å². The number of rotatable bonds is 2. The topological polar surface area (TPSA) is 39.9 Å². The molecule has 0 unspecified atom stereocenters. The lowest BCUT2D eigenvalue weighted by molar-refractivity contribution is 0.415. The highest BCUT2D eigenvalue weighted by atomic mass is 35.5. The molecule has 4 nitrogen and oxygen atoms in total. The van der Waals surface area contributed by atoms with Gasteiger partial charge in [-0.3, -0.25) is 9.55 Å². The van der Waals surface area contributed by atoms with Crippen molar-refractivity contribution in [1.82, 2.24) is 14.5 Å². The maximum absolute atomic E-state index is 6.33. The zero-order valence-electron chi connectivity index (χ0n) is 10.6. The molecule has 3 rings (SSSR count). The van der Waals surface area contributed by atoms with Crippen molar-refractivity contribution >= 4 is 22.6 Å². The van der Waals surface area contributed by atoms with E-state index < -0.39 is 0 Å². The lowest BCUT2D eigenvalue weighted by atomic mass is 10.3. The van der Waals surface area contributed by atoms with Gasteiger partial charge in [0, 0.05) is 12.3 Å². The third kappa shape index (κ3) is 1.94. The van der Waals surface area contributed by atoms with Crippen molar-refractivity contribution in [2.45, 2.75) is 6.92 Å². The average molecular weight is 274 g/mol. The molecule has 0 radical (unpaired) electrons. The summed E-state index contributed by atoms with van der Waals surface area (Å²) in [6, 6.07) is 7.53. The smallest absolute Gasteiger partial charge is 0.120 e. The first-order chi connectivity index (χ1) is 9.20. The lowest BCUT2D eigenvalue weighted by Crippen LogP contribution is -1.98. The van der Waals surface area contributed by atoms with Crippen molar-refractivity contribution in [2.24, 2.45) is 0 Å². The van der Waals surface area contributed by atoms with E-state index in [1.807, 2.05) is 29.7 Å². The summed E-state index contributed by atoms with van der Waals surface area (Å²) in [5.74, 6) is 1.60. The number of aromatic nitrogens is 3. The molecular weight excluding hydrogens is 262 g/mol. The van der Waals surface area contributed by atoms with E-state index in [2.05, 4.69) is 9.97 Å². The van der Waals surface area contributed by atoms with Gasteiger partial charge in [-0.1, -0.05) is 11.6 Å². The number of halogens is 1. The number of imidazole rings is 1. The van der Waals surface area contributed by atoms with Crippen molar-refractivity contribution < 1.29 is 4.74 Å². The molecule has 5 heteroatoms. The number of benzene rings is 1. The van der Waals surface area contributed by atoms with Gasteiger partial charge in [0.05, 0.1) is 29.5 Å². The highest BCUT2D eigenvalue weighted by Gasteiger charge is 2.12. The number of ether oxygens (including phenoxy) is 1. The predicted octanol–water partition coefficient (Wildman–Crippen LogP) is 3.39. The summed E-state index contributed by atoms with van der Waals surface area (Å²) in [5.41, 5.74) is 2.72. The van der Waals surface area contributed by atoms with Gasteiger partial charge in [0.1, 0.15) is 17.1 Å². The van der Waals surface area contributed by atoms with Crippen LogP contribution in [0.3, 0.4) is 0 Å². The third-order valence-electron chi connectivity index (χ3n) is 3.02. The molecule has 96 valence electrons. The molecule has 2 heterocycles. The second kappa shape index (κ2) is 4.55.